The van der Waals surface area contributed by atoms with E-state index in [1.807, 2.05) is 7.05 Å². The number of aliphatic hydroxyl groups is 1. The molecule has 0 bridgehead atoms. The summed E-state index contributed by atoms with van der Waals surface area (Å²) in [5.74, 6) is 0. The Hall–Kier alpha value is -0.120. The van der Waals surface area contributed by atoms with Gasteiger partial charge in [-0.2, -0.15) is 0 Å². The van der Waals surface area contributed by atoms with Crippen molar-refractivity contribution in [3.63, 3.8) is 0 Å². The van der Waals surface area contributed by atoms with Crippen LogP contribution in [0.3, 0.4) is 0 Å². The van der Waals surface area contributed by atoms with Gasteiger partial charge in [0.1, 0.15) is 0 Å². The van der Waals surface area contributed by atoms with Gasteiger partial charge < -0.3 is 15.3 Å². The van der Waals surface area contributed by atoms with Crippen molar-refractivity contribution in [2.24, 2.45) is 0 Å². The highest BCUT2D eigenvalue weighted by atomic mass is 16.3. The van der Waals surface area contributed by atoms with E-state index in [9.17, 15) is 5.11 Å². The van der Waals surface area contributed by atoms with E-state index >= 15 is 0 Å². The van der Waals surface area contributed by atoms with Crippen molar-refractivity contribution in [1.82, 2.24) is 10.2 Å². The van der Waals surface area contributed by atoms with Crippen molar-refractivity contribution in [2.75, 3.05) is 33.8 Å². The highest BCUT2D eigenvalue weighted by molar-refractivity contribution is 4.81. The maximum absolute atomic E-state index is 9.19. The fourth-order valence-electron chi connectivity index (χ4n) is 1.26. The zero-order valence-corrected chi connectivity index (χ0v) is 10.1. The van der Waals surface area contributed by atoms with Crippen molar-refractivity contribution in [1.29, 1.82) is 0 Å². The number of nitrogens with zero attached hydrogens (tertiary/aromatic N) is 1. The zero-order valence-electron chi connectivity index (χ0n) is 10.1. The minimum absolute atomic E-state index is 0.125. The monoisotopic (exact) mass is 202 g/mol. The van der Waals surface area contributed by atoms with Crippen LogP contribution in [0.5, 0.6) is 0 Å². The molecule has 0 aliphatic rings. The van der Waals surface area contributed by atoms with Gasteiger partial charge in [-0.15, -0.1) is 0 Å². The van der Waals surface area contributed by atoms with Gasteiger partial charge in [-0.05, 0) is 47.0 Å². The van der Waals surface area contributed by atoms with Crippen molar-refractivity contribution < 1.29 is 5.11 Å². The molecular formula is C11H26N2O. The molecule has 14 heavy (non-hydrogen) atoms. The van der Waals surface area contributed by atoms with E-state index < -0.39 is 0 Å². The van der Waals surface area contributed by atoms with Gasteiger partial charge >= 0.3 is 0 Å². The van der Waals surface area contributed by atoms with Crippen LogP contribution in [0.1, 0.15) is 33.1 Å². The molecule has 0 heterocycles. The molecule has 3 heteroatoms. The predicted molar refractivity (Wildman–Crippen MR) is 61.6 cm³/mol. The first-order valence-electron chi connectivity index (χ1n) is 5.56. The van der Waals surface area contributed by atoms with Crippen LogP contribution in [-0.2, 0) is 0 Å². The smallest absolute Gasteiger partial charge is 0.0610 e. The minimum Gasteiger partial charge on any atom is -0.394 e. The fourth-order valence-corrected chi connectivity index (χ4v) is 1.26. The SMILES string of the molecule is CCCCN(C)CCC(C)(CO)NC. The van der Waals surface area contributed by atoms with E-state index in [0.717, 1.165) is 19.5 Å². The molecule has 0 aliphatic heterocycles. The Balaban J connectivity index is 3.68. The molecule has 86 valence electrons. The van der Waals surface area contributed by atoms with Crippen LogP contribution >= 0.6 is 0 Å². The summed E-state index contributed by atoms with van der Waals surface area (Å²) in [6, 6.07) is 0. The Morgan fingerprint density at radius 3 is 2.43 bits per heavy atom. The molecule has 0 amide bonds. The van der Waals surface area contributed by atoms with Crippen molar-refractivity contribution in [2.45, 2.75) is 38.6 Å². The average Bonchev–Trinajstić information content (AvgIpc) is 2.23. The maximum atomic E-state index is 9.19. The molecule has 0 saturated carbocycles. The quantitative estimate of drug-likeness (QED) is 0.618. The van der Waals surface area contributed by atoms with Gasteiger partial charge in [0, 0.05) is 5.54 Å². The number of hydrogen-bond acceptors (Lipinski definition) is 3. The van der Waals surface area contributed by atoms with E-state index in [2.05, 4.69) is 31.1 Å². The van der Waals surface area contributed by atoms with Gasteiger partial charge in [0.15, 0.2) is 0 Å². The lowest BCUT2D eigenvalue weighted by molar-refractivity contribution is 0.158. The van der Waals surface area contributed by atoms with E-state index in [1.165, 1.54) is 12.8 Å². The molecule has 0 aliphatic carbocycles. The molecule has 2 N–H and O–H groups in total. The standard InChI is InChI=1S/C11H26N2O/c1-5-6-8-13(4)9-7-11(2,10-14)12-3/h12,14H,5-10H2,1-4H3. The second-order valence-corrected chi connectivity index (χ2v) is 4.38. The third kappa shape index (κ3) is 5.58. The van der Waals surface area contributed by atoms with Gasteiger partial charge in [-0.1, -0.05) is 13.3 Å². The molecule has 1 atom stereocenters. The van der Waals surface area contributed by atoms with Crippen LogP contribution in [-0.4, -0.2) is 49.3 Å². The number of hydrogen-bond donors (Lipinski definition) is 2. The van der Waals surface area contributed by atoms with Crippen molar-refractivity contribution >= 4 is 0 Å². The van der Waals surface area contributed by atoms with E-state index in [4.69, 9.17) is 0 Å². The molecule has 1 unspecified atom stereocenters. The molecule has 0 fully saturated rings. The van der Waals surface area contributed by atoms with Crippen molar-refractivity contribution in [3.8, 4) is 0 Å². The average molecular weight is 202 g/mol. The number of aliphatic hydroxyl groups excluding tert-OH is 1. The largest absolute Gasteiger partial charge is 0.394 e. The molecule has 0 rings (SSSR count). The van der Waals surface area contributed by atoms with Crippen LogP contribution in [0.4, 0.5) is 0 Å². The topological polar surface area (TPSA) is 35.5 Å². The van der Waals surface area contributed by atoms with Gasteiger partial charge in [0.25, 0.3) is 0 Å². The summed E-state index contributed by atoms with van der Waals surface area (Å²) >= 11 is 0. The third-order valence-corrected chi connectivity index (χ3v) is 2.89. The van der Waals surface area contributed by atoms with E-state index in [-0.39, 0.29) is 12.1 Å². The normalized spacial score (nSPS) is 15.9. The summed E-state index contributed by atoms with van der Waals surface area (Å²) in [6.07, 6.45) is 3.49. The highest BCUT2D eigenvalue weighted by Gasteiger charge is 2.20. The predicted octanol–water partition coefficient (Wildman–Crippen LogP) is 1.08. The molecule has 0 aromatic heterocycles. The third-order valence-electron chi connectivity index (χ3n) is 2.89. The summed E-state index contributed by atoms with van der Waals surface area (Å²) in [5.41, 5.74) is -0.125. The summed E-state index contributed by atoms with van der Waals surface area (Å²) in [7, 11) is 4.05. The second kappa shape index (κ2) is 7.21. The molecule has 0 saturated heterocycles. The highest BCUT2D eigenvalue weighted by Crippen LogP contribution is 2.08. The van der Waals surface area contributed by atoms with Gasteiger partial charge in [0.2, 0.25) is 0 Å². The lowest BCUT2D eigenvalue weighted by atomic mass is 9.99. The molecule has 0 aromatic carbocycles. The fraction of sp³-hybridized carbons (Fsp3) is 1.00. The van der Waals surface area contributed by atoms with E-state index in [1.54, 1.807) is 0 Å². The van der Waals surface area contributed by atoms with Crippen LogP contribution in [0.25, 0.3) is 0 Å². The lowest BCUT2D eigenvalue weighted by Gasteiger charge is -2.29. The first kappa shape index (κ1) is 13.9. The molecule has 0 aromatic rings. The first-order valence-corrected chi connectivity index (χ1v) is 5.56. The molecular weight excluding hydrogens is 176 g/mol. The number of likely N-dealkylation sites (N-methyl/N-ethyl adjacent to an activating group) is 1. The number of unbranched alkanes of at least 4 members (excludes halogenated alkanes) is 1. The lowest BCUT2D eigenvalue weighted by Crippen LogP contribution is -2.45. The summed E-state index contributed by atoms with van der Waals surface area (Å²) in [4.78, 5) is 2.33. The minimum atomic E-state index is -0.125. The summed E-state index contributed by atoms with van der Waals surface area (Å²) in [5, 5.41) is 12.4. The van der Waals surface area contributed by atoms with Crippen LogP contribution in [0.15, 0.2) is 0 Å². The van der Waals surface area contributed by atoms with E-state index in [0.29, 0.717) is 0 Å². The maximum Gasteiger partial charge on any atom is 0.0610 e. The Bertz CT molecular complexity index is 135. The molecule has 0 spiro atoms. The Kier molecular flexibility index (Phi) is 7.15. The van der Waals surface area contributed by atoms with Crippen LogP contribution in [0.2, 0.25) is 0 Å². The zero-order chi connectivity index (χ0) is 11.0. The van der Waals surface area contributed by atoms with Gasteiger partial charge in [0.05, 0.1) is 6.61 Å². The summed E-state index contributed by atoms with van der Waals surface area (Å²) in [6.45, 7) is 6.66. The van der Waals surface area contributed by atoms with Gasteiger partial charge in [-0.25, -0.2) is 0 Å². The van der Waals surface area contributed by atoms with Crippen LogP contribution in [0, 0.1) is 0 Å². The molecule has 0 radical (unpaired) electrons. The Morgan fingerprint density at radius 2 is 2.00 bits per heavy atom. The van der Waals surface area contributed by atoms with Crippen molar-refractivity contribution in [3.05, 3.63) is 0 Å². The summed E-state index contributed by atoms with van der Waals surface area (Å²) < 4.78 is 0. The van der Waals surface area contributed by atoms with Gasteiger partial charge in [-0.3, -0.25) is 0 Å². The number of rotatable bonds is 8. The first-order chi connectivity index (χ1) is 6.58. The Morgan fingerprint density at radius 1 is 1.36 bits per heavy atom. The molecule has 3 nitrogen and oxygen atoms in total. The Labute approximate surface area is 88.5 Å². The second-order valence-electron chi connectivity index (χ2n) is 4.38. The number of nitrogens with one attached hydrogen (secondary N) is 1. The van der Waals surface area contributed by atoms with Crippen LogP contribution < -0.4 is 5.32 Å².